The number of nitrogens with one attached hydrogen (secondary N) is 2. The Balaban J connectivity index is 1.71. The lowest BCUT2D eigenvalue weighted by molar-refractivity contribution is -0.122. The molecule has 1 saturated heterocycles. The fourth-order valence-corrected chi connectivity index (χ4v) is 3.87. The standard InChI is InChI=1S/C24H33FN6O/c1-4-27-24(30-17(3)19-8-7-16(2)21(25)14-19)29-15-20-6-5-11-28-23(20)31-12-9-18(10-13-31)22(26)32/h5-8,11,14,17-18H,4,9-10,12-13,15H2,1-3H3,(H2,26,32)(H2,27,29,30). The number of anilines is 1. The molecular weight excluding hydrogens is 407 g/mol. The summed E-state index contributed by atoms with van der Waals surface area (Å²) in [6, 6.07) is 9.09. The number of aliphatic imine (C=N–C) groups is 1. The monoisotopic (exact) mass is 440 g/mol. The van der Waals surface area contributed by atoms with E-state index in [4.69, 9.17) is 10.7 Å². The summed E-state index contributed by atoms with van der Waals surface area (Å²) >= 11 is 0. The van der Waals surface area contributed by atoms with Crippen molar-refractivity contribution in [1.29, 1.82) is 0 Å². The van der Waals surface area contributed by atoms with Gasteiger partial charge in [0.25, 0.3) is 0 Å². The largest absolute Gasteiger partial charge is 0.369 e. The molecular formula is C24H33FN6O. The van der Waals surface area contributed by atoms with E-state index in [-0.39, 0.29) is 23.7 Å². The van der Waals surface area contributed by atoms with E-state index >= 15 is 0 Å². The molecule has 0 aliphatic carbocycles. The third kappa shape index (κ3) is 5.96. The lowest BCUT2D eigenvalue weighted by Gasteiger charge is -2.32. The SMILES string of the molecule is CCNC(=NCc1cccnc1N1CCC(C(N)=O)CC1)NC(C)c1ccc(C)c(F)c1. The van der Waals surface area contributed by atoms with Crippen molar-refractivity contribution in [3.05, 3.63) is 59.0 Å². The van der Waals surface area contributed by atoms with E-state index < -0.39 is 0 Å². The lowest BCUT2D eigenvalue weighted by Crippen LogP contribution is -2.39. The van der Waals surface area contributed by atoms with E-state index in [1.807, 2.05) is 32.0 Å². The van der Waals surface area contributed by atoms with Crippen molar-refractivity contribution in [3.63, 3.8) is 0 Å². The average molecular weight is 441 g/mol. The first-order valence-electron chi connectivity index (χ1n) is 11.2. The van der Waals surface area contributed by atoms with E-state index in [1.165, 1.54) is 0 Å². The summed E-state index contributed by atoms with van der Waals surface area (Å²) in [7, 11) is 0. The number of amides is 1. The number of rotatable bonds is 7. The minimum atomic E-state index is -0.223. The Labute approximate surface area is 189 Å². The minimum Gasteiger partial charge on any atom is -0.369 e. The van der Waals surface area contributed by atoms with E-state index in [2.05, 4.69) is 20.5 Å². The Bertz CT molecular complexity index is 955. The summed E-state index contributed by atoms with van der Waals surface area (Å²) in [6.45, 7) is 8.39. The number of carbonyl (C=O) groups is 1. The summed E-state index contributed by atoms with van der Waals surface area (Å²) in [5.74, 6) is 1.05. The van der Waals surface area contributed by atoms with Gasteiger partial charge in [0.15, 0.2) is 5.96 Å². The van der Waals surface area contributed by atoms with E-state index in [0.29, 0.717) is 24.6 Å². The molecule has 7 nitrogen and oxygen atoms in total. The Morgan fingerprint density at radius 1 is 1.34 bits per heavy atom. The molecule has 3 rings (SSSR count). The second kappa shape index (κ2) is 10.9. The number of aromatic nitrogens is 1. The fourth-order valence-electron chi connectivity index (χ4n) is 3.87. The van der Waals surface area contributed by atoms with Crippen LogP contribution < -0.4 is 21.3 Å². The van der Waals surface area contributed by atoms with Gasteiger partial charge in [-0.25, -0.2) is 14.4 Å². The first-order chi connectivity index (χ1) is 15.4. The van der Waals surface area contributed by atoms with Gasteiger partial charge in [-0.15, -0.1) is 0 Å². The molecule has 2 heterocycles. The number of nitrogens with two attached hydrogens (primary N) is 1. The first kappa shape index (κ1) is 23.5. The third-order valence-corrected chi connectivity index (χ3v) is 5.87. The number of halogens is 1. The van der Waals surface area contributed by atoms with Crippen LogP contribution in [0.5, 0.6) is 0 Å². The van der Waals surface area contributed by atoms with Crippen LogP contribution in [-0.4, -0.2) is 36.5 Å². The zero-order valence-electron chi connectivity index (χ0n) is 19.1. The summed E-state index contributed by atoms with van der Waals surface area (Å²) in [5.41, 5.74) is 7.96. The van der Waals surface area contributed by atoms with Gasteiger partial charge in [-0.1, -0.05) is 18.2 Å². The van der Waals surface area contributed by atoms with Gasteiger partial charge >= 0.3 is 0 Å². The third-order valence-electron chi connectivity index (χ3n) is 5.87. The summed E-state index contributed by atoms with van der Waals surface area (Å²) < 4.78 is 14.0. The molecule has 8 heteroatoms. The van der Waals surface area contributed by atoms with Crippen LogP contribution in [0.1, 0.15) is 49.4 Å². The maximum Gasteiger partial charge on any atom is 0.220 e. The van der Waals surface area contributed by atoms with Crippen LogP contribution in [0, 0.1) is 18.7 Å². The molecule has 0 bridgehead atoms. The number of pyridine rings is 1. The van der Waals surface area contributed by atoms with Crippen LogP contribution >= 0.6 is 0 Å². The second-order valence-corrected chi connectivity index (χ2v) is 8.22. The Kier molecular flexibility index (Phi) is 8.03. The highest BCUT2D eigenvalue weighted by Crippen LogP contribution is 2.25. The zero-order valence-corrected chi connectivity index (χ0v) is 19.1. The summed E-state index contributed by atoms with van der Waals surface area (Å²) in [4.78, 5) is 23.0. The number of carbonyl (C=O) groups excluding carboxylic acids is 1. The number of aryl methyl sites for hydroxylation is 1. The van der Waals surface area contributed by atoms with Crippen LogP contribution in [0.2, 0.25) is 0 Å². The minimum absolute atomic E-state index is 0.0610. The highest BCUT2D eigenvalue weighted by Gasteiger charge is 2.25. The number of hydrogen-bond donors (Lipinski definition) is 3. The van der Waals surface area contributed by atoms with Gasteiger partial charge in [0.1, 0.15) is 11.6 Å². The van der Waals surface area contributed by atoms with Crippen LogP contribution in [0.25, 0.3) is 0 Å². The van der Waals surface area contributed by atoms with Crippen molar-refractivity contribution in [2.24, 2.45) is 16.6 Å². The summed E-state index contributed by atoms with van der Waals surface area (Å²) in [6.07, 6.45) is 3.26. The van der Waals surface area contributed by atoms with Gasteiger partial charge in [-0.2, -0.15) is 0 Å². The predicted octanol–water partition coefficient (Wildman–Crippen LogP) is 3.05. The zero-order chi connectivity index (χ0) is 23.1. The average Bonchev–Trinajstić information content (AvgIpc) is 2.79. The molecule has 4 N–H and O–H groups in total. The van der Waals surface area contributed by atoms with Crippen LogP contribution in [0.4, 0.5) is 10.2 Å². The molecule has 1 fully saturated rings. The molecule has 0 radical (unpaired) electrons. The Hall–Kier alpha value is -3.16. The number of primary amides is 1. The van der Waals surface area contributed by atoms with E-state index in [0.717, 1.165) is 42.9 Å². The fraction of sp³-hybridized carbons (Fsp3) is 0.458. The van der Waals surface area contributed by atoms with Crippen LogP contribution in [0.3, 0.4) is 0 Å². The molecule has 2 aromatic rings. The van der Waals surface area contributed by atoms with Crippen molar-refractivity contribution >= 4 is 17.7 Å². The quantitative estimate of drug-likeness (QED) is 0.454. The number of hydrogen-bond acceptors (Lipinski definition) is 4. The van der Waals surface area contributed by atoms with Crippen LogP contribution in [-0.2, 0) is 11.3 Å². The maximum absolute atomic E-state index is 14.0. The lowest BCUT2D eigenvalue weighted by atomic mass is 9.96. The second-order valence-electron chi connectivity index (χ2n) is 8.22. The van der Waals surface area contributed by atoms with Crippen molar-refractivity contribution < 1.29 is 9.18 Å². The maximum atomic E-state index is 14.0. The highest BCUT2D eigenvalue weighted by molar-refractivity contribution is 5.80. The normalized spacial score (nSPS) is 16.0. The van der Waals surface area contributed by atoms with E-state index in [1.54, 1.807) is 25.3 Å². The number of nitrogens with zero attached hydrogens (tertiary/aromatic N) is 3. The first-order valence-corrected chi connectivity index (χ1v) is 11.2. The number of guanidine groups is 1. The molecule has 1 aromatic heterocycles. The van der Waals surface area contributed by atoms with Gasteiger partial charge in [-0.3, -0.25) is 4.79 Å². The molecule has 32 heavy (non-hydrogen) atoms. The predicted molar refractivity (Wildman–Crippen MR) is 126 cm³/mol. The molecule has 172 valence electrons. The van der Waals surface area contributed by atoms with Crippen LogP contribution in [0.15, 0.2) is 41.5 Å². The Morgan fingerprint density at radius 2 is 2.09 bits per heavy atom. The summed E-state index contributed by atoms with van der Waals surface area (Å²) in [5, 5.41) is 6.61. The molecule has 1 aliphatic rings. The molecule has 1 atom stereocenters. The van der Waals surface area contributed by atoms with Gasteiger partial charge in [-0.05, 0) is 56.9 Å². The Morgan fingerprint density at radius 3 is 2.75 bits per heavy atom. The number of benzene rings is 1. The van der Waals surface area contributed by atoms with Gasteiger partial charge in [0.2, 0.25) is 5.91 Å². The molecule has 1 aromatic carbocycles. The van der Waals surface area contributed by atoms with Gasteiger partial charge in [0.05, 0.1) is 12.6 Å². The van der Waals surface area contributed by atoms with Crippen molar-refractivity contribution in [1.82, 2.24) is 15.6 Å². The van der Waals surface area contributed by atoms with E-state index in [9.17, 15) is 9.18 Å². The smallest absolute Gasteiger partial charge is 0.220 e. The van der Waals surface area contributed by atoms with Crippen molar-refractivity contribution in [2.75, 3.05) is 24.5 Å². The molecule has 1 amide bonds. The topological polar surface area (TPSA) is 95.6 Å². The van der Waals surface area contributed by atoms with Crippen molar-refractivity contribution in [3.8, 4) is 0 Å². The molecule has 1 aliphatic heterocycles. The van der Waals surface area contributed by atoms with Gasteiger partial charge < -0.3 is 21.3 Å². The highest BCUT2D eigenvalue weighted by atomic mass is 19.1. The van der Waals surface area contributed by atoms with Crippen molar-refractivity contribution in [2.45, 2.75) is 46.2 Å². The molecule has 1 unspecified atom stereocenters. The molecule has 0 saturated carbocycles. The van der Waals surface area contributed by atoms with Gasteiger partial charge in [0, 0.05) is 37.3 Å². The molecule has 0 spiro atoms. The number of piperidine rings is 1.